The van der Waals surface area contributed by atoms with Crippen LogP contribution < -0.4 is 4.90 Å². The van der Waals surface area contributed by atoms with Crippen molar-refractivity contribution in [2.45, 2.75) is 12.8 Å². The Labute approximate surface area is 118 Å². The summed E-state index contributed by atoms with van der Waals surface area (Å²) in [7, 11) is 3.81. The van der Waals surface area contributed by atoms with Gasteiger partial charge in [-0.05, 0) is 25.0 Å². The largest absolute Gasteiger partial charge is 0.481 e. The third-order valence-corrected chi connectivity index (χ3v) is 3.75. The van der Waals surface area contributed by atoms with Gasteiger partial charge >= 0.3 is 5.97 Å². The summed E-state index contributed by atoms with van der Waals surface area (Å²) in [5, 5.41) is 8.99. The van der Waals surface area contributed by atoms with Crippen molar-refractivity contribution in [3.05, 3.63) is 29.8 Å². The third-order valence-electron chi connectivity index (χ3n) is 3.75. The van der Waals surface area contributed by atoms with Crippen LogP contribution in [0.3, 0.4) is 0 Å². The average Bonchev–Trinajstić information content (AvgIpc) is 2.46. The third kappa shape index (κ3) is 2.92. The van der Waals surface area contributed by atoms with Crippen LogP contribution in [0.1, 0.15) is 23.2 Å². The second-order valence-corrected chi connectivity index (χ2v) is 5.32. The molecule has 1 aliphatic heterocycles. The molecule has 1 aliphatic rings. The van der Waals surface area contributed by atoms with Crippen molar-refractivity contribution in [2.75, 3.05) is 32.1 Å². The molecular formula is C15H20N2O3. The van der Waals surface area contributed by atoms with E-state index in [2.05, 4.69) is 0 Å². The van der Waals surface area contributed by atoms with Gasteiger partial charge < -0.3 is 14.9 Å². The summed E-state index contributed by atoms with van der Waals surface area (Å²) in [6.07, 6.45) is 1.07. The van der Waals surface area contributed by atoms with Crippen molar-refractivity contribution in [1.82, 2.24) is 4.90 Å². The summed E-state index contributed by atoms with van der Waals surface area (Å²) in [5.74, 6) is -1.09. The van der Waals surface area contributed by atoms with Crippen LogP contribution in [0.2, 0.25) is 0 Å². The Hall–Kier alpha value is -2.04. The molecule has 108 valence electrons. The van der Waals surface area contributed by atoms with Gasteiger partial charge in [-0.15, -0.1) is 0 Å². The minimum absolute atomic E-state index is 0.0156. The van der Waals surface area contributed by atoms with E-state index in [4.69, 9.17) is 5.11 Å². The molecule has 20 heavy (non-hydrogen) atoms. The van der Waals surface area contributed by atoms with E-state index in [0.29, 0.717) is 31.5 Å². The number of amides is 1. The number of hydrogen-bond donors (Lipinski definition) is 1. The zero-order chi connectivity index (χ0) is 14.7. The number of anilines is 1. The lowest BCUT2D eigenvalue weighted by molar-refractivity contribution is -0.143. The van der Waals surface area contributed by atoms with Gasteiger partial charge in [0.05, 0.1) is 11.5 Å². The van der Waals surface area contributed by atoms with Crippen LogP contribution in [0.15, 0.2) is 24.3 Å². The lowest BCUT2D eigenvalue weighted by atomic mass is 9.96. The second-order valence-electron chi connectivity index (χ2n) is 5.32. The van der Waals surface area contributed by atoms with Crippen LogP contribution in [0.5, 0.6) is 0 Å². The smallest absolute Gasteiger partial charge is 0.306 e. The topological polar surface area (TPSA) is 60.9 Å². The molecule has 0 aliphatic carbocycles. The number of aliphatic carboxylic acids is 1. The highest BCUT2D eigenvalue weighted by Crippen LogP contribution is 2.23. The van der Waals surface area contributed by atoms with E-state index in [0.717, 1.165) is 5.69 Å². The maximum absolute atomic E-state index is 12.6. The Morgan fingerprint density at radius 3 is 2.35 bits per heavy atom. The summed E-state index contributed by atoms with van der Waals surface area (Å²) < 4.78 is 0. The molecule has 1 heterocycles. The lowest BCUT2D eigenvalue weighted by Gasteiger charge is -2.31. The number of carbonyl (C=O) groups excluding carboxylic acids is 1. The van der Waals surface area contributed by atoms with Gasteiger partial charge in [-0.2, -0.15) is 0 Å². The highest BCUT2D eigenvalue weighted by atomic mass is 16.4. The van der Waals surface area contributed by atoms with Gasteiger partial charge in [-0.25, -0.2) is 0 Å². The molecule has 1 aromatic rings. The van der Waals surface area contributed by atoms with Crippen molar-refractivity contribution < 1.29 is 14.7 Å². The van der Waals surface area contributed by atoms with Gasteiger partial charge in [-0.3, -0.25) is 9.59 Å². The van der Waals surface area contributed by atoms with Crippen molar-refractivity contribution in [1.29, 1.82) is 0 Å². The highest BCUT2D eigenvalue weighted by molar-refractivity contribution is 5.99. The summed E-state index contributed by atoms with van der Waals surface area (Å²) in [6, 6.07) is 7.49. The van der Waals surface area contributed by atoms with Crippen molar-refractivity contribution in [3.63, 3.8) is 0 Å². The SMILES string of the molecule is CN(C)c1ccccc1C(=O)N1CCC(C(=O)O)CC1. The Bertz CT molecular complexity index is 506. The number of likely N-dealkylation sites (tertiary alicyclic amines) is 1. The molecule has 1 aromatic carbocycles. The summed E-state index contributed by atoms with van der Waals surface area (Å²) in [6.45, 7) is 1.02. The van der Waals surface area contributed by atoms with Crippen LogP contribution in [0, 0.1) is 5.92 Å². The van der Waals surface area contributed by atoms with E-state index in [1.807, 2.05) is 43.3 Å². The fraction of sp³-hybridized carbons (Fsp3) is 0.467. The molecule has 0 aromatic heterocycles. The standard InChI is InChI=1S/C15H20N2O3/c1-16(2)13-6-4-3-5-12(13)14(18)17-9-7-11(8-10-17)15(19)20/h3-6,11H,7-10H2,1-2H3,(H,19,20). The van der Waals surface area contributed by atoms with Crippen molar-refractivity contribution in [2.24, 2.45) is 5.92 Å². The first kappa shape index (κ1) is 14.4. The number of para-hydroxylation sites is 1. The summed E-state index contributed by atoms with van der Waals surface area (Å²) in [4.78, 5) is 27.2. The Morgan fingerprint density at radius 2 is 1.80 bits per heavy atom. The van der Waals surface area contributed by atoms with Crippen LogP contribution in [-0.4, -0.2) is 49.1 Å². The van der Waals surface area contributed by atoms with Crippen molar-refractivity contribution >= 4 is 17.6 Å². The van der Waals surface area contributed by atoms with Crippen molar-refractivity contribution in [3.8, 4) is 0 Å². The fourth-order valence-electron chi connectivity index (χ4n) is 2.54. The van der Waals surface area contributed by atoms with Gasteiger partial charge in [-0.1, -0.05) is 12.1 Å². The molecule has 0 saturated carbocycles. The van der Waals surface area contributed by atoms with Gasteiger partial charge in [0.25, 0.3) is 5.91 Å². The van der Waals surface area contributed by atoms with E-state index in [9.17, 15) is 9.59 Å². The van der Waals surface area contributed by atoms with E-state index >= 15 is 0 Å². The Morgan fingerprint density at radius 1 is 1.20 bits per heavy atom. The number of piperidine rings is 1. The minimum Gasteiger partial charge on any atom is -0.481 e. The predicted octanol–water partition coefficient (Wildman–Crippen LogP) is 1.69. The first-order valence-corrected chi connectivity index (χ1v) is 6.79. The summed E-state index contributed by atoms with van der Waals surface area (Å²) in [5.41, 5.74) is 1.56. The quantitative estimate of drug-likeness (QED) is 0.912. The van der Waals surface area contributed by atoms with Gasteiger partial charge in [0, 0.05) is 32.9 Å². The molecule has 1 fully saturated rings. The first-order valence-electron chi connectivity index (χ1n) is 6.79. The van der Waals surface area contributed by atoms with Crippen LogP contribution in [0.4, 0.5) is 5.69 Å². The lowest BCUT2D eigenvalue weighted by Crippen LogP contribution is -2.40. The average molecular weight is 276 g/mol. The molecule has 1 saturated heterocycles. The monoisotopic (exact) mass is 276 g/mol. The van der Waals surface area contributed by atoms with E-state index < -0.39 is 5.97 Å². The van der Waals surface area contributed by atoms with Gasteiger partial charge in [0.1, 0.15) is 0 Å². The molecule has 0 radical (unpaired) electrons. The normalized spacial score (nSPS) is 16.0. The summed E-state index contributed by atoms with van der Waals surface area (Å²) >= 11 is 0. The Balaban J connectivity index is 2.11. The molecule has 5 heteroatoms. The zero-order valence-electron chi connectivity index (χ0n) is 11.9. The molecule has 2 rings (SSSR count). The first-order chi connectivity index (χ1) is 9.50. The molecular weight excluding hydrogens is 256 g/mol. The zero-order valence-corrected chi connectivity index (χ0v) is 11.9. The van der Waals surface area contributed by atoms with Crippen LogP contribution >= 0.6 is 0 Å². The molecule has 1 N–H and O–H groups in total. The minimum atomic E-state index is -0.759. The molecule has 1 amide bonds. The second kappa shape index (κ2) is 5.94. The van der Waals surface area contributed by atoms with E-state index in [-0.39, 0.29) is 11.8 Å². The number of carbonyl (C=O) groups is 2. The number of benzene rings is 1. The molecule has 0 bridgehead atoms. The number of rotatable bonds is 3. The van der Waals surface area contributed by atoms with Crippen LogP contribution in [-0.2, 0) is 4.79 Å². The maximum atomic E-state index is 12.6. The molecule has 5 nitrogen and oxygen atoms in total. The Kier molecular flexibility index (Phi) is 4.27. The molecule has 0 unspecified atom stereocenters. The number of nitrogens with zero attached hydrogens (tertiary/aromatic N) is 2. The van der Waals surface area contributed by atoms with Crippen LogP contribution in [0.25, 0.3) is 0 Å². The highest BCUT2D eigenvalue weighted by Gasteiger charge is 2.28. The fourth-order valence-corrected chi connectivity index (χ4v) is 2.54. The van der Waals surface area contributed by atoms with E-state index in [1.165, 1.54) is 0 Å². The number of hydrogen-bond acceptors (Lipinski definition) is 3. The molecule has 0 atom stereocenters. The van der Waals surface area contributed by atoms with E-state index in [1.54, 1.807) is 4.90 Å². The van der Waals surface area contributed by atoms with Gasteiger partial charge in [0.2, 0.25) is 0 Å². The number of carboxylic acid groups (broad SMARTS) is 1. The predicted molar refractivity (Wildman–Crippen MR) is 77.0 cm³/mol. The maximum Gasteiger partial charge on any atom is 0.306 e. The molecule has 0 spiro atoms. The number of carboxylic acids is 1. The van der Waals surface area contributed by atoms with Gasteiger partial charge in [0.15, 0.2) is 0 Å².